The Morgan fingerprint density at radius 3 is 2.64 bits per heavy atom. The average Bonchev–Trinajstić information content (AvgIpc) is 2.52. The molecule has 22 heavy (non-hydrogen) atoms. The van der Waals surface area contributed by atoms with Crippen molar-refractivity contribution >= 4 is 17.4 Å². The molecule has 0 aliphatic carbocycles. The summed E-state index contributed by atoms with van der Waals surface area (Å²) in [5.74, 6) is -0.394. The van der Waals surface area contributed by atoms with Gasteiger partial charge < -0.3 is 14.9 Å². The summed E-state index contributed by atoms with van der Waals surface area (Å²) >= 11 is 0. The highest BCUT2D eigenvalue weighted by Gasteiger charge is 2.07. The number of nitrogens with zero attached hydrogens (tertiary/aromatic N) is 1. The molecule has 0 aliphatic rings. The normalized spacial score (nSPS) is 11.1. The Labute approximate surface area is 127 Å². The van der Waals surface area contributed by atoms with Gasteiger partial charge in [0.2, 0.25) is 0 Å². The van der Waals surface area contributed by atoms with Crippen molar-refractivity contribution in [1.82, 2.24) is 0 Å². The van der Waals surface area contributed by atoms with Gasteiger partial charge in [0, 0.05) is 11.6 Å². The van der Waals surface area contributed by atoms with E-state index in [1.165, 1.54) is 25.3 Å². The third-order valence-electron chi connectivity index (χ3n) is 3.06. The minimum absolute atomic E-state index is 0.0571. The lowest BCUT2D eigenvalue weighted by Crippen LogP contribution is -2.02. The molecule has 0 spiro atoms. The molecule has 0 saturated heterocycles. The van der Waals surface area contributed by atoms with Gasteiger partial charge in [-0.05, 0) is 37.3 Å². The SMILES string of the molecule is COc1ccc(C(C)=NNc2cccc(C(=O)O)c2)c(O)c1. The van der Waals surface area contributed by atoms with Gasteiger partial charge in [-0.1, -0.05) is 6.07 Å². The number of hydrazone groups is 1. The number of carboxylic acid groups (broad SMARTS) is 1. The molecule has 0 heterocycles. The first-order valence-electron chi connectivity index (χ1n) is 6.52. The zero-order chi connectivity index (χ0) is 16.1. The van der Waals surface area contributed by atoms with Crippen LogP contribution in [0.3, 0.4) is 0 Å². The lowest BCUT2D eigenvalue weighted by Gasteiger charge is -2.07. The van der Waals surface area contributed by atoms with E-state index in [1.807, 2.05) is 0 Å². The standard InChI is InChI=1S/C16H16N2O4/c1-10(14-7-6-13(22-2)9-15(14)19)17-18-12-5-3-4-11(8-12)16(20)21/h3-9,18-19H,1-2H3,(H,20,21). The van der Waals surface area contributed by atoms with E-state index in [0.29, 0.717) is 22.7 Å². The number of nitrogens with one attached hydrogen (secondary N) is 1. The Kier molecular flexibility index (Phi) is 4.63. The molecule has 2 aromatic rings. The number of benzene rings is 2. The summed E-state index contributed by atoms with van der Waals surface area (Å²) in [5.41, 5.74) is 4.61. The smallest absolute Gasteiger partial charge is 0.335 e. The van der Waals surface area contributed by atoms with E-state index in [9.17, 15) is 9.90 Å². The van der Waals surface area contributed by atoms with Crippen molar-refractivity contribution in [3.8, 4) is 11.5 Å². The zero-order valence-electron chi connectivity index (χ0n) is 12.2. The topological polar surface area (TPSA) is 91.2 Å². The van der Waals surface area contributed by atoms with Crippen LogP contribution in [0, 0.1) is 0 Å². The number of methoxy groups -OCH3 is 1. The van der Waals surface area contributed by atoms with Crippen LogP contribution < -0.4 is 10.2 Å². The number of phenols is 1. The van der Waals surface area contributed by atoms with Crippen LogP contribution in [0.4, 0.5) is 5.69 Å². The fourth-order valence-electron chi connectivity index (χ4n) is 1.87. The van der Waals surface area contributed by atoms with Gasteiger partial charge in [-0.2, -0.15) is 5.10 Å². The quantitative estimate of drug-likeness (QED) is 0.583. The number of aromatic hydroxyl groups is 1. The second-order valence-electron chi connectivity index (χ2n) is 4.58. The van der Waals surface area contributed by atoms with Crippen LogP contribution in [0.25, 0.3) is 0 Å². The molecule has 0 aromatic heterocycles. The molecule has 2 rings (SSSR count). The number of carbonyl (C=O) groups is 1. The molecule has 0 saturated carbocycles. The average molecular weight is 300 g/mol. The van der Waals surface area contributed by atoms with Crippen molar-refractivity contribution in [3.63, 3.8) is 0 Å². The minimum Gasteiger partial charge on any atom is -0.507 e. The lowest BCUT2D eigenvalue weighted by atomic mass is 10.1. The molecule has 114 valence electrons. The molecule has 0 radical (unpaired) electrons. The molecule has 0 atom stereocenters. The highest BCUT2D eigenvalue weighted by Crippen LogP contribution is 2.24. The summed E-state index contributed by atoms with van der Waals surface area (Å²) in [6, 6.07) is 11.2. The fraction of sp³-hybridized carbons (Fsp3) is 0.125. The third-order valence-corrected chi connectivity index (χ3v) is 3.06. The summed E-state index contributed by atoms with van der Waals surface area (Å²) in [6.07, 6.45) is 0. The molecule has 3 N–H and O–H groups in total. The number of rotatable bonds is 5. The Hall–Kier alpha value is -3.02. The van der Waals surface area contributed by atoms with Gasteiger partial charge in [0.1, 0.15) is 11.5 Å². The van der Waals surface area contributed by atoms with Crippen molar-refractivity contribution in [1.29, 1.82) is 0 Å². The van der Waals surface area contributed by atoms with Crippen molar-refractivity contribution in [2.45, 2.75) is 6.92 Å². The van der Waals surface area contributed by atoms with E-state index < -0.39 is 5.97 Å². The van der Waals surface area contributed by atoms with Crippen LogP contribution in [0.2, 0.25) is 0 Å². The molecule has 0 unspecified atom stereocenters. The summed E-state index contributed by atoms with van der Waals surface area (Å²) in [4.78, 5) is 10.9. The number of hydrogen-bond acceptors (Lipinski definition) is 5. The third kappa shape index (κ3) is 3.54. The van der Waals surface area contributed by atoms with Gasteiger partial charge in [0.15, 0.2) is 0 Å². The van der Waals surface area contributed by atoms with Crippen LogP contribution in [0.1, 0.15) is 22.8 Å². The molecule has 6 heteroatoms. The van der Waals surface area contributed by atoms with E-state index >= 15 is 0 Å². The van der Waals surface area contributed by atoms with Gasteiger partial charge in [-0.3, -0.25) is 5.43 Å². The van der Waals surface area contributed by atoms with E-state index in [0.717, 1.165) is 0 Å². The second kappa shape index (κ2) is 6.62. The first-order valence-corrected chi connectivity index (χ1v) is 6.52. The predicted molar refractivity (Wildman–Crippen MR) is 83.9 cm³/mol. The lowest BCUT2D eigenvalue weighted by molar-refractivity contribution is 0.0697. The van der Waals surface area contributed by atoms with Crippen molar-refractivity contribution in [2.24, 2.45) is 5.10 Å². The summed E-state index contributed by atoms with van der Waals surface area (Å²) < 4.78 is 5.02. The number of carboxylic acids is 1. The number of hydrogen-bond donors (Lipinski definition) is 3. The van der Waals surface area contributed by atoms with Gasteiger partial charge in [0.05, 0.1) is 24.1 Å². The Bertz CT molecular complexity index is 726. The maximum atomic E-state index is 10.9. The van der Waals surface area contributed by atoms with Crippen LogP contribution in [0.5, 0.6) is 11.5 Å². The Morgan fingerprint density at radius 1 is 1.23 bits per heavy atom. The first kappa shape index (κ1) is 15.4. The zero-order valence-corrected chi connectivity index (χ0v) is 12.2. The van der Waals surface area contributed by atoms with Gasteiger partial charge in [-0.15, -0.1) is 0 Å². The molecule has 0 bridgehead atoms. The molecule has 6 nitrogen and oxygen atoms in total. The molecule has 2 aromatic carbocycles. The molecule has 0 fully saturated rings. The van der Waals surface area contributed by atoms with E-state index in [-0.39, 0.29) is 11.3 Å². The van der Waals surface area contributed by atoms with E-state index in [1.54, 1.807) is 31.2 Å². The van der Waals surface area contributed by atoms with Crippen molar-refractivity contribution < 1.29 is 19.7 Å². The number of aromatic carboxylic acids is 1. The molecular weight excluding hydrogens is 284 g/mol. The van der Waals surface area contributed by atoms with Crippen molar-refractivity contribution in [3.05, 3.63) is 53.6 Å². The van der Waals surface area contributed by atoms with Crippen LogP contribution >= 0.6 is 0 Å². The Balaban J connectivity index is 2.19. The maximum Gasteiger partial charge on any atom is 0.335 e. The number of anilines is 1. The fourth-order valence-corrected chi connectivity index (χ4v) is 1.87. The Morgan fingerprint density at radius 2 is 2.00 bits per heavy atom. The highest BCUT2D eigenvalue weighted by molar-refractivity contribution is 6.01. The summed E-state index contributed by atoms with van der Waals surface area (Å²) in [6.45, 7) is 1.73. The summed E-state index contributed by atoms with van der Waals surface area (Å²) in [5, 5.41) is 23.0. The van der Waals surface area contributed by atoms with Gasteiger partial charge >= 0.3 is 5.97 Å². The summed E-state index contributed by atoms with van der Waals surface area (Å²) in [7, 11) is 1.52. The molecule has 0 aliphatic heterocycles. The number of ether oxygens (including phenoxy) is 1. The predicted octanol–water partition coefficient (Wildman–Crippen LogP) is 2.94. The number of phenolic OH excluding ortho intramolecular Hbond substituents is 1. The second-order valence-corrected chi connectivity index (χ2v) is 4.58. The highest BCUT2D eigenvalue weighted by atomic mass is 16.5. The van der Waals surface area contributed by atoms with Crippen molar-refractivity contribution in [2.75, 3.05) is 12.5 Å². The first-order chi connectivity index (χ1) is 10.5. The monoisotopic (exact) mass is 300 g/mol. The molecular formula is C16H16N2O4. The molecule has 0 amide bonds. The van der Waals surface area contributed by atoms with Gasteiger partial charge in [-0.25, -0.2) is 4.79 Å². The van der Waals surface area contributed by atoms with Crippen LogP contribution in [0.15, 0.2) is 47.6 Å². The largest absolute Gasteiger partial charge is 0.507 e. The van der Waals surface area contributed by atoms with Crippen LogP contribution in [-0.4, -0.2) is 29.0 Å². The van der Waals surface area contributed by atoms with E-state index in [2.05, 4.69) is 10.5 Å². The van der Waals surface area contributed by atoms with E-state index in [4.69, 9.17) is 9.84 Å². The van der Waals surface area contributed by atoms with Crippen LogP contribution in [-0.2, 0) is 0 Å². The maximum absolute atomic E-state index is 10.9. The van der Waals surface area contributed by atoms with Gasteiger partial charge in [0.25, 0.3) is 0 Å². The minimum atomic E-state index is -1.00.